The van der Waals surface area contributed by atoms with Gasteiger partial charge in [-0.05, 0) is 0 Å². The van der Waals surface area contributed by atoms with E-state index in [0.29, 0.717) is 29.6 Å². The number of nitrogens with one attached hydrogen (secondary N) is 1. The van der Waals surface area contributed by atoms with Crippen molar-refractivity contribution < 1.29 is 32.2 Å². The van der Waals surface area contributed by atoms with Gasteiger partial charge >= 0.3 is 6.18 Å². The molecular formula is C15H14ClF3N2O4. The van der Waals surface area contributed by atoms with Crippen LogP contribution in [0.3, 0.4) is 0 Å². The molecule has 1 aromatic rings. The molecule has 2 aliphatic rings. The number of anilines is 1. The number of benzene rings is 1. The minimum absolute atomic E-state index is 0.203. The third-order valence-electron chi connectivity index (χ3n) is 3.85. The number of halogens is 4. The van der Waals surface area contributed by atoms with E-state index in [1.807, 2.05) is 0 Å². The summed E-state index contributed by atoms with van der Waals surface area (Å²) in [6, 6.07) is 2.97. The Balaban J connectivity index is 1.68. The maximum Gasteiger partial charge on any atom is 0.406 e. The second-order valence-electron chi connectivity index (χ2n) is 5.76. The topological polar surface area (TPSA) is 67.9 Å². The summed E-state index contributed by atoms with van der Waals surface area (Å²) in [4.78, 5) is 24.6. The van der Waals surface area contributed by atoms with Crippen LogP contribution in [0.25, 0.3) is 0 Å². The molecule has 136 valence electrons. The van der Waals surface area contributed by atoms with Crippen molar-refractivity contribution in [1.82, 2.24) is 4.90 Å². The van der Waals surface area contributed by atoms with Gasteiger partial charge in [0.1, 0.15) is 19.8 Å². The summed E-state index contributed by atoms with van der Waals surface area (Å²) < 4.78 is 48.0. The maximum atomic E-state index is 12.4. The summed E-state index contributed by atoms with van der Waals surface area (Å²) in [5, 5.41) is 2.74. The number of amides is 2. The molecule has 2 aliphatic heterocycles. The maximum absolute atomic E-state index is 12.4. The second kappa shape index (κ2) is 6.62. The lowest BCUT2D eigenvalue weighted by atomic mass is 10.1. The lowest BCUT2D eigenvalue weighted by Crippen LogP contribution is -2.36. The predicted octanol–water partition coefficient (Wildman–Crippen LogP) is 2.46. The van der Waals surface area contributed by atoms with Crippen LogP contribution in [0.2, 0.25) is 5.02 Å². The van der Waals surface area contributed by atoms with Crippen molar-refractivity contribution in [3.63, 3.8) is 0 Å². The number of ether oxygens (including phenoxy) is 2. The molecule has 6 nitrogen and oxygen atoms in total. The second-order valence-corrected chi connectivity index (χ2v) is 6.16. The highest BCUT2D eigenvalue weighted by Gasteiger charge is 2.40. The first kappa shape index (κ1) is 17.7. The average Bonchev–Trinajstić information content (AvgIpc) is 2.87. The molecular weight excluding hydrogens is 365 g/mol. The van der Waals surface area contributed by atoms with Crippen LogP contribution >= 0.6 is 11.6 Å². The van der Waals surface area contributed by atoms with Crippen LogP contribution in [-0.4, -0.2) is 49.2 Å². The summed E-state index contributed by atoms with van der Waals surface area (Å²) >= 11 is 6.08. The van der Waals surface area contributed by atoms with E-state index in [2.05, 4.69) is 5.32 Å². The van der Waals surface area contributed by atoms with Crippen LogP contribution < -0.4 is 14.8 Å². The Labute approximate surface area is 145 Å². The third kappa shape index (κ3) is 4.09. The van der Waals surface area contributed by atoms with Crippen LogP contribution in [0.15, 0.2) is 12.1 Å². The Kier molecular flexibility index (Phi) is 4.68. The monoisotopic (exact) mass is 378 g/mol. The molecule has 0 saturated carbocycles. The zero-order valence-electron chi connectivity index (χ0n) is 12.9. The predicted molar refractivity (Wildman–Crippen MR) is 81.8 cm³/mol. The lowest BCUT2D eigenvalue weighted by Gasteiger charge is -2.20. The number of hydrogen-bond acceptors (Lipinski definition) is 4. The highest BCUT2D eigenvalue weighted by atomic mass is 35.5. The van der Waals surface area contributed by atoms with Gasteiger partial charge in [-0.3, -0.25) is 9.59 Å². The van der Waals surface area contributed by atoms with Gasteiger partial charge in [-0.15, -0.1) is 0 Å². The molecule has 0 spiro atoms. The van der Waals surface area contributed by atoms with Gasteiger partial charge in [0.25, 0.3) is 0 Å². The number of likely N-dealkylation sites (tertiary alicyclic amines) is 1. The number of hydrogen-bond donors (Lipinski definition) is 1. The van der Waals surface area contributed by atoms with Gasteiger partial charge in [-0.2, -0.15) is 13.2 Å². The Morgan fingerprint density at radius 3 is 2.56 bits per heavy atom. The van der Waals surface area contributed by atoms with E-state index in [-0.39, 0.29) is 23.7 Å². The summed E-state index contributed by atoms with van der Waals surface area (Å²) in [6.45, 7) is -0.910. The fourth-order valence-electron chi connectivity index (χ4n) is 2.71. The molecule has 1 unspecified atom stereocenters. The summed E-state index contributed by atoms with van der Waals surface area (Å²) in [5.74, 6) is -1.30. The fraction of sp³-hybridized carbons (Fsp3) is 0.467. The number of fused-ring (bicyclic) bond motifs is 1. The van der Waals surface area contributed by atoms with E-state index in [1.165, 1.54) is 12.1 Å². The molecule has 0 aromatic heterocycles. The van der Waals surface area contributed by atoms with Crippen molar-refractivity contribution in [2.45, 2.75) is 12.6 Å². The van der Waals surface area contributed by atoms with Gasteiger partial charge in [0.2, 0.25) is 11.8 Å². The molecule has 1 aromatic carbocycles. The highest BCUT2D eigenvalue weighted by Crippen LogP contribution is 2.38. The van der Waals surface area contributed by atoms with E-state index in [4.69, 9.17) is 21.1 Å². The number of alkyl halides is 3. The van der Waals surface area contributed by atoms with Crippen LogP contribution in [0.4, 0.5) is 18.9 Å². The largest absolute Gasteiger partial charge is 0.486 e. The van der Waals surface area contributed by atoms with Gasteiger partial charge in [0.05, 0.1) is 16.6 Å². The molecule has 0 bridgehead atoms. The zero-order chi connectivity index (χ0) is 18.2. The summed E-state index contributed by atoms with van der Waals surface area (Å²) in [7, 11) is 0. The number of carbonyl (C=O) groups is 2. The van der Waals surface area contributed by atoms with Crippen molar-refractivity contribution in [2.24, 2.45) is 5.92 Å². The average molecular weight is 379 g/mol. The Morgan fingerprint density at radius 2 is 1.92 bits per heavy atom. The van der Waals surface area contributed by atoms with Crippen LogP contribution in [0.5, 0.6) is 11.5 Å². The molecule has 0 aliphatic carbocycles. The van der Waals surface area contributed by atoms with Crippen LogP contribution in [0.1, 0.15) is 6.42 Å². The van der Waals surface area contributed by atoms with E-state index < -0.39 is 30.5 Å². The van der Waals surface area contributed by atoms with E-state index >= 15 is 0 Å². The van der Waals surface area contributed by atoms with Crippen molar-refractivity contribution in [3.05, 3.63) is 17.2 Å². The molecule has 1 atom stereocenters. The normalized spacial score (nSPS) is 19.9. The SMILES string of the molecule is O=C(Nc1cc2c(cc1Cl)OCCO2)C1CC(=O)N(CC(F)(F)F)C1. The van der Waals surface area contributed by atoms with Gasteiger partial charge in [0.15, 0.2) is 11.5 Å². The molecule has 1 saturated heterocycles. The third-order valence-corrected chi connectivity index (χ3v) is 4.16. The first-order valence-corrected chi connectivity index (χ1v) is 7.85. The van der Waals surface area contributed by atoms with Crippen LogP contribution in [0, 0.1) is 5.92 Å². The van der Waals surface area contributed by atoms with Crippen molar-refractivity contribution in [1.29, 1.82) is 0 Å². The van der Waals surface area contributed by atoms with E-state index in [9.17, 15) is 22.8 Å². The molecule has 1 fully saturated rings. The van der Waals surface area contributed by atoms with Crippen molar-refractivity contribution in [3.8, 4) is 11.5 Å². The van der Waals surface area contributed by atoms with Gasteiger partial charge in [0, 0.05) is 25.1 Å². The molecule has 25 heavy (non-hydrogen) atoms. The van der Waals surface area contributed by atoms with E-state index in [1.54, 1.807) is 0 Å². The standard InChI is InChI=1S/C15H14ClF3N2O4/c16-9-4-11-12(25-2-1-24-11)5-10(9)20-14(23)8-3-13(22)21(6-8)7-15(17,18)19/h4-5,8H,1-3,6-7H2,(H,20,23). The van der Waals surface area contributed by atoms with Crippen molar-refractivity contribution >= 4 is 29.1 Å². The molecule has 10 heteroatoms. The molecule has 3 rings (SSSR count). The smallest absolute Gasteiger partial charge is 0.406 e. The van der Waals surface area contributed by atoms with Gasteiger partial charge < -0.3 is 19.7 Å². The Morgan fingerprint density at radius 1 is 1.28 bits per heavy atom. The quantitative estimate of drug-likeness (QED) is 0.877. The Hall–Kier alpha value is -2.16. The highest BCUT2D eigenvalue weighted by molar-refractivity contribution is 6.34. The van der Waals surface area contributed by atoms with Crippen molar-refractivity contribution in [2.75, 3.05) is 31.6 Å². The molecule has 2 heterocycles. The minimum atomic E-state index is -4.50. The molecule has 0 radical (unpaired) electrons. The zero-order valence-corrected chi connectivity index (χ0v) is 13.6. The molecule has 2 amide bonds. The first-order chi connectivity index (χ1) is 11.7. The Bertz CT molecular complexity index is 711. The minimum Gasteiger partial charge on any atom is -0.486 e. The summed E-state index contributed by atoms with van der Waals surface area (Å²) in [5.41, 5.74) is 0.248. The lowest BCUT2D eigenvalue weighted by molar-refractivity contribution is -0.157. The van der Waals surface area contributed by atoms with Gasteiger partial charge in [-0.25, -0.2) is 0 Å². The van der Waals surface area contributed by atoms with Gasteiger partial charge in [-0.1, -0.05) is 11.6 Å². The number of carbonyl (C=O) groups excluding carboxylic acids is 2. The fourth-order valence-corrected chi connectivity index (χ4v) is 2.91. The number of rotatable bonds is 3. The summed E-state index contributed by atoms with van der Waals surface area (Å²) in [6.07, 6.45) is -4.77. The number of nitrogens with zero attached hydrogens (tertiary/aromatic N) is 1. The first-order valence-electron chi connectivity index (χ1n) is 7.47. The molecule has 1 N–H and O–H groups in total. The van der Waals surface area contributed by atoms with E-state index in [0.717, 1.165) is 0 Å². The van der Waals surface area contributed by atoms with Crippen LogP contribution in [-0.2, 0) is 9.59 Å².